The van der Waals surface area contributed by atoms with Crippen molar-refractivity contribution in [1.82, 2.24) is 0 Å². The number of esters is 1. The van der Waals surface area contributed by atoms with E-state index in [4.69, 9.17) is 14.7 Å². The molecule has 0 aliphatic rings. The van der Waals surface area contributed by atoms with Crippen molar-refractivity contribution >= 4 is 5.97 Å². The Morgan fingerprint density at radius 1 is 1.00 bits per heavy atom. The molecule has 2 aromatic rings. The highest BCUT2D eigenvalue weighted by molar-refractivity contribution is 5.77. The van der Waals surface area contributed by atoms with E-state index in [0.29, 0.717) is 17.2 Å². The summed E-state index contributed by atoms with van der Waals surface area (Å²) in [4.78, 5) is 12.0. The fourth-order valence-corrected chi connectivity index (χ4v) is 1.70. The monoisotopic (exact) mass is 297 g/mol. The van der Waals surface area contributed by atoms with Gasteiger partial charge in [-0.15, -0.1) is 5.26 Å². The number of nitriles is 1. The lowest BCUT2D eigenvalue weighted by atomic mass is 10.2. The van der Waals surface area contributed by atoms with Crippen molar-refractivity contribution in [2.45, 2.75) is 20.0 Å². The highest BCUT2D eigenvalue weighted by atomic mass is 16.6. The van der Waals surface area contributed by atoms with Crippen LogP contribution < -0.4 is 14.2 Å². The molecule has 0 radical (unpaired) electrons. The van der Waals surface area contributed by atoms with Crippen molar-refractivity contribution in [3.63, 3.8) is 0 Å². The number of benzene rings is 2. The average molecular weight is 297 g/mol. The first-order chi connectivity index (χ1) is 10.6. The molecule has 0 spiro atoms. The van der Waals surface area contributed by atoms with E-state index in [1.54, 1.807) is 49.6 Å². The van der Waals surface area contributed by atoms with Crippen molar-refractivity contribution in [2.24, 2.45) is 0 Å². The summed E-state index contributed by atoms with van der Waals surface area (Å²) in [5, 5.41) is 8.40. The summed E-state index contributed by atoms with van der Waals surface area (Å²) in [5.41, 5.74) is 1.09. The molecule has 2 aromatic carbocycles. The van der Waals surface area contributed by atoms with Crippen molar-refractivity contribution in [3.8, 4) is 23.5 Å². The summed E-state index contributed by atoms with van der Waals surface area (Å²) in [5.74, 6) is 0.883. The van der Waals surface area contributed by atoms with Crippen molar-refractivity contribution < 1.29 is 19.0 Å². The van der Waals surface area contributed by atoms with E-state index in [9.17, 15) is 4.79 Å². The molecule has 0 N–H and O–H groups in total. The van der Waals surface area contributed by atoms with Crippen LogP contribution in [0.3, 0.4) is 0 Å². The molecule has 0 saturated heterocycles. The lowest BCUT2D eigenvalue weighted by molar-refractivity contribution is -0.141. The molecule has 22 heavy (non-hydrogen) atoms. The van der Waals surface area contributed by atoms with Crippen LogP contribution in [0.25, 0.3) is 0 Å². The molecule has 1 atom stereocenters. The zero-order valence-electron chi connectivity index (χ0n) is 12.3. The Labute approximate surface area is 128 Å². The number of hydrogen-bond donors (Lipinski definition) is 0. The molecule has 0 amide bonds. The second kappa shape index (κ2) is 7.14. The van der Waals surface area contributed by atoms with E-state index >= 15 is 0 Å². The molecule has 0 fully saturated rings. The molecule has 0 aliphatic heterocycles. The largest absolute Gasteiger partial charge is 0.479 e. The number of nitrogens with zero attached hydrogens (tertiary/aromatic N) is 1. The quantitative estimate of drug-likeness (QED) is 0.481. The van der Waals surface area contributed by atoms with Gasteiger partial charge in [0, 0.05) is 0 Å². The number of hydrogen-bond acceptors (Lipinski definition) is 5. The maximum absolute atomic E-state index is 12.0. The molecule has 112 valence electrons. The van der Waals surface area contributed by atoms with Gasteiger partial charge in [0.15, 0.2) is 6.10 Å². The molecular weight excluding hydrogens is 282 g/mol. The summed E-state index contributed by atoms with van der Waals surface area (Å²) < 4.78 is 15.4. The summed E-state index contributed by atoms with van der Waals surface area (Å²) in [6.45, 7) is 3.56. The van der Waals surface area contributed by atoms with Gasteiger partial charge in [0.1, 0.15) is 17.2 Å². The Balaban J connectivity index is 1.93. The Kier molecular flexibility index (Phi) is 4.99. The van der Waals surface area contributed by atoms with Gasteiger partial charge in [0.2, 0.25) is 0 Å². The Morgan fingerprint density at radius 3 is 2.14 bits per heavy atom. The van der Waals surface area contributed by atoms with E-state index in [1.165, 1.54) is 0 Å². The predicted octanol–water partition coefficient (Wildman–Crippen LogP) is 3.23. The molecule has 5 nitrogen and oxygen atoms in total. The smallest absolute Gasteiger partial charge is 0.352 e. The predicted molar refractivity (Wildman–Crippen MR) is 79.6 cm³/mol. The summed E-state index contributed by atoms with van der Waals surface area (Å²) in [6, 6.07) is 13.6. The van der Waals surface area contributed by atoms with Gasteiger partial charge in [-0.2, -0.15) is 0 Å². The van der Waals surface area contributed by atoms with E-state index in [1.807, 2.05) is 19.1 Å². The van der Waals surface area contributed by atoms with Gasteiger partial charge in [-0.05, 0) is 50.2 Å². The van der Waals surface area contributed by atoms with Crippen LogP contribution in [0.4, 0.5) is 0 Å². The SMILES string of the molecule is Cc1ccc(OC(=O)C(C)Oc2ccc(OC#N)cc2)cc1. The second-order valence-electron chi connectivity index (χ2n) is 4.66. The van der Waals surface area contributed by atoms with Crippen LogP contribution in [0.2, 0.25) is 0 Å². The summed E-state index contributed by atoms with van der Waals surface area (Å²) >= 11 is 0. The molecule has 0 aliphatic carbocycles. The summed E-state index contributed by atoms with van der Waals surface area (Å²) in [7, 11) is 0. The third kappa shape index (κ3) is 4.25. The van der Waals surface area contributed by atoms with Gasteiger partial charge in [-0.3, -0.25) is 0 Å². The van der Waals surface area contributed by atoms with E-state index in [2.05, 4.69) is 4.74 Å². The first-order valence-corrected chi connectivity index (χ1v) is 6.69. The number of aryl methyl sites for hydroxylation is 1. The normalized spacial score (nSPS) is 11.1. The number of ether oxygens (including phenoxy) is 3. The van der Waals surface area contributed by atoms with Gasteiger partial charge in [0.25, 0.3) is 6.26 Å². The molecular formula is C17H15NO4. The minimum atomic E-state index is -0.760. The number of carbonyl (C=O) groups excluding carboxylic acids is 1. The van der Waals surface area contributed by atoms with Crippen molar-refractivity contribution in [1.29, 1.82) is 5.26 Å². The van der Waals surface area contributed by atoms with Gasteiger partial charge >= 0.3 is 5.97 Å². The van der Waals surface area contributed by atoms with E-state index in [-0.39, 0.29) is 0 Å². The fraction of sp³-hybridized carbons (Fsp3) is 0.176. The van der Waals surface area contributed by atoms with Crippen LogP contribution in [0, 0.1) is 18.4 Å². The molecule has 1 unspecified atom stereocenters. The van der Waals surface area contributed by atoms with Gasteiger partial charge in [0.05, 0.1) is 0 Å². The molecule has 0 bridgehead atoms. The van der Waals surface area contributed by atoms with Crippen molar-refractivity contribution in [2.75, 3.05) is 0 Å². The Hall–Kier alpha value is -3.00. The standard InChI is InChI=1S/C17H15NO4/c1-12-3-5-16(6-4-12)22-17(19)13(2)21-15-9-7-14(8-10-15)20-11-18/h3-10,13H,1-2H3. The highest BCUT2D eigenvalue weighted by Crippen LogP contribution is 2.19. The van der Waals surface area contributed by atoms with Crippen LogP contribution in [-0.4, -0.2) is 12.1 Å². The lowest BCUT2D eigenvalue weighted by Crippen LogP contribution is -2.28. The molecule has 2 rings (SSSR count). The third-order valence-electron chi connectivity index (χ3n) is 2.87. The molecule has 0 heterocycles. The van der Waals surface area contributed by atoms with Crippen LogP contribution in [0.1, 0.15) is 12.5 Å². The number of rotatable bonds is 5. The maximum Gasteiger partial charge on any atom is 0.352 e. The summed E-state index contributed by atoms with van der Waals surface area (Å²) in [6.07, 6.45) is 0.819. The Bertz CT molecular complexity index is 671. The molecule has 0 aromatic heterocycles. The van der Waals surface area contributed by atoms with Gasteiger partial charge < -0.3 is 14.2 Å². The number of carbonyl (C=O) groups is 1. The second-order valence-corrected chi connectivity index (χ2v) is 4.66. The first-order valence-electron chi connectivity index (χ1n) is 6.69. The van der Waals surface area contributed by atoms with Crippen LogP contribution in [0.15, 0.2) is 48.5 Å². The molecule has 5 heteroatoms. The minimum Gasteiger partial charge on any atom is -0.479 e. The van der Waals surface area contributed by atoms with Gasteiger partial charge in [-0.25, -0.2) is 4.79 Å². The highest BCUT2D eigenvalue weighted by Gasteiger charge is 2.17. The minimum absolute atomic E-state index is 0.407. The fourth-order valence-electron chi connectivity index (χ4n) is 1.70. The maximum atomic E-state index is 12.0. The van der Waals surface area contributed by atoms with Crippen LogP contribution in [0.5, 0.6) is 17.2 Å². The van der Waals surface area contributed by atoms with Crippen LogP contribution in [-0.2, 0) is 4.79 Å². The average Bonchev–Trinajstić information content (AvgIpc) is 2.51. The van der Waals surface area contributed by atoms with E-state index < -0.39 is 12.1 Å². The lowest BCUT2D eigenvalue weighted by Gasteiger charge is -2.14. The van der Waals surface area contributed by atoms with Crippen molar-refractivity contribution in [3.05, 3.63) is 54.1 Å². The van der Waals surface area contributed by atoms with E-state index in [0.717, 1.165) is 5.56 Å². The molecule has 0 saturated carbocycles. The third-order valence-corrected chi connectivity index (χ3v) is 2.87. The zero-order valence-corrected chi connectivity index (χ0v) is 12.3. The topological polar surface area (TPSA) is 68.6 Å². The first kappa shape index (κ1) is 15.4. The van der Waals surface area contributed by atoms with Crippen LogP contribution >= 0.6 is 0 Å². The zero-order chi connectivity index (χ0) is 15.9. The Morgan fingerprint density at radius 2 is 1.55 bits per heavy atom. The van der Waals surface area contributed by atoms with Gasteiger partial charge in [-0.1, -0.05) is 17.7 Å².